The van der Waals surface area contributed by atoms with Crippen LogP contribution in [0.3, 0.4) is 0 Å². The maximum Gasteiger partial charge on any atom is 0.257 e. The van der Waals surface area contributed by atoms with Crippen molar-refractivity contribution in [3.8, 4) is 0 Å². The highest BCUT2D eigenvalue weighted by Crippen LogP contribution is 2.30. The number of hydrogen-bond acceptors (Lipinski definition) is 3. The molecule has 0 saturated heterocycles. The van der Waals surface area contributed by atoms with E-state index in [0.717, 1.165) is 24.1 Å². The lowest BCUT2D eigenvalue weighted by molar-refractivity contribution is 0.102. The highest BCUT2D eigenvalue weighted by Gasteiger charge is 2.20. The number of hydrogen-bond donors (Lipinski definition) is 2. The molecule has 3 rings (SSSR count). The van der Waals surface area contributed by atoms with Crippen LogP contribution >= 0.6 is 11.3 Å². The fourth-order valence-electron chi connectivity index (χ4n) is 2.35. The number of anilines is 1. The van der Waals surface area contributed by atoms with Crippen LogP contribution in [-0.4, -0.2) is 16.1 Å². The van der Waals surface area contributed by atoms with Gasteiger partial charge >= 0.3 is 0 Å². The van der Waals surface area contributed by atoms with Gasteiger partial charge in [-0.3, -0.25) is 9.89 Å². The summed E-state index contributed by atoms with van der Waals surface area (Å²) < 4.78 is 0. The number of aryl methyl sites for hydroxylation is 2. The first-order valence-corrected chi connectivity index (χ1v) is 7.04. The first-order chi connectivity index (χ1) is 8.74. The summed E-state index contributed by atoms with van der Waals surface area (Å²) in [6, 6.07) is 1.83. The highest BCUT2D eigenvalue weighted by molar-refractivity contribution is 7.10. The molecule has 0 spiro atoms. The van der Waals surface area contributed by atoms with E-state index >= 15 is 0 Å². The molecule has 0 bridgehead atoms. The summed E-state index contributed by atoms with van der Waals surface area (Å²) in [5.74, 6) is 0.550. The van der Waals surface area contributed by atoms with Crippen molar-refractivity contribution in [2.75, 3.05) is 5.32 Å². The SMILES string of the molecule is Cc1cc(NC(=O)c2csc3c2CCCC3)n[nH]1. The van der Waals surface area contributed by atoms with Crippen molar-refractivity contribution < 1.29 is 4.79 Å². The van der Waals surface area contributed by atoms with Crippen molar-refractivity contribution in [3.63, 3.8) is 0 Å². The number of aromatic amines is 1. The van der Waals surface area contributed by atoms with Crippen LogP contribution < -0.4 is 5.32 Å². The van der Waals surface area contributed by atoms with Gasteiger partial charge in [-0.15, -0.1) is 11.3 Å². The third-order valence-electron chi connectivity index (χ3n) is 3.25. The number of H-pyrrole nitrogens is 1. The fourth-order valence-corrected chi connectivity index (χ4v) is 3.48. The molecule has 2 aromatic heterocycles. The number of carbonyl (C=O) groups is 1. The van der Waals surface area contributed by atoms with Crippen LogP contribution in [0.1, 0.15) is 39.3 Å². The van der Waals surface area contributed by atoms with E-state index in [1.165, 1.54) is 23.3 Å². The molecule has 2 N–H and O–H groups in total. The summed E-state index contributed by atoms with van der Waals surface area (Å²) in [7, 11) is 0. The zero-order chi connectivity index (χ0) is 12.5. The van der Waals surface area contributed by atoms with Gasteiger partial charge in [-0.25, -0.2) is 0 Å². The zero-order valence-electron chi connectivity index (χ0n) is 10.2. The Labute approximate surface area is 109 Å². The molecule has 0 aromatic carbocycles. The molecule has 4 nitrogen and oxygen atoms in total. The number of fused-ring (bicyclic) bond motifs is 1. The molecule has 94 valence electrons. The van der Waals surface area contributed by atoms with Gasteiger partial charge in [0.15, 0.2) is 5.82 Å². The molecule has 0 saturated carbocycles. The van der Waals surface area contributed by atoms with Crippen molar-refractivity contribution in [3.05, 3.63) is 33.1 Å². The van der Waals surface area contributed by atoms with Crippen LogP contribution in [0, 0.1) is 6.92 Å². The minimum atomic E-state index is -0.0408. The Morgan fingerprint density at radius 2 is 2.28 bits per heavy atom. The summed E-state index contributed by atoms with van der Waals surface area (Å²) in [4.78, 5) is 13.6. The molecule has 1 amide bonds. The van der Waals surface area contributed by atoms with E-state index in [9.17, 15) is 4.79 Å². The smallest absolute Gasteiger partial charge is 0.257 e. The Hall–Kier alpha value is -1.62. The van der Waals surface area contributed by atoms with Gasteiger partial charge in [0.2, 0.25) is 0 Å². The normalized spacial score (nSPS) is 14.3. The molecule has 0 radical (unpaired) electrons. The molecule has 1 aliphatic rings. The minimum absolute atomic E-state index is 0.0408. The van der Waals surface area contributed by atoms with Gasteiger partial charge < -0.3 is 5.32 Å². The molecule has 0 aliphatic heterocycles. The number of amides is 1. The van der Waals surface area contributed by atoms with E-state index in [1.54, 1.807) is 11.3 Å². The van der Waals surface area contributed by atoms with Crippen LogP contribution in [0.5, 0.6) is 0 Å². The number of thiophene rings is 1. The summed E-state index contributed by atoms with van der Waals surface area (Å²) >= 11 is 1.71. The van der Waals surface area contributed by atoms with Gasteiger partial charge in [0.25, 0.3) is 5.91 Å². The van der Waals surface area contributed by atoms with Crippen molar-refractivity contribution in [2.24, 2.45) is 0 Å². The van der Waals surface area contributed by atoms with Gasteiger partial charge in [-0.05, 0) is 38.2 Å². The second kappa shape index (κ2) is 4.57. The Bertz CT molecular complexity index is 585. The van der Waals surface area contributed by atoms with Crippen molar-refractivity contribution in [1.82, 2.24) is 10.2 Å². The van der Waals surface area contributed by atoms with Crippen molar-refractivity contribution in [2.45, 2.75) is 32.6 Å². The van der Waals surface area contributed by atoms with Crippen LogP contribution in [0.4, 0.5) is 5.82 Å². The lowest BCUT2D eigenvalue weighted by atomic mass is 9.96. The average Bonchev–Trinajstić information content (AvgIpc) is 2.95. The quantitative estimate of drug-likeness (QED) is 0.873. The van der Waals surface area contributed by atoms with E-state index in [-0.39, 0.29) is 5.91 Å². The molecule has 2 heterocycles. The number of rotatable bonds is 2. The van der Waals surface area contributed by atoms with Crippen LogP contribution in [0.15, 0.2) is 11.4 Å². The minimum Gasteiger partial charge on any atom is -0.305 e. The largest absolute Gasteiger partial charge is 0.305 e. The van der Waals surface area contributed by atoms with Crippen LogP contribution in [-0.2, 0) is 12.8 Å². The maximum absolute atomic E-state index is 12.2. The van der Waals surface area contributed by atoms with E-state index in [4.69, 9.17) is 0 Å². The molecule has 0 unspecified atom stereocenters. The van der Waals surface area contributed by atoms with Crippen LogP contribution in [0.25, 0.3) is 0 Å². The Morgan fingerprint density at radius 1 is 1.44 bits per heavy atom. The summed E-state index contributed by atoms with van der Waals surface area (Å²) in [5.41, 5.74) is 3.02. The zero-order valence-corrected chi connectivity index (χ0v) is 11.1. The lowest BCUT2D eigenvalue weighted by Crippen LogP contribution is -2.14. The summed E-state index contributed by atoms with van der Waals surface area (Å²) in [6.45, 7) is 1.91. The van der Waals surface area contributed by atoms with Gasteiger partial charge in [-0.1, -0.05) is 0 Å². The Morgan fingerprint density at radius 3 is 3.06 bits per heavy atom. The number of nitrogens with one attached hydrogen (secondary N) is 2. The predicted octanol–water partition coefficient (Wildman–Crippen LogP) is 2.91. The van der Waals surface area contributed by atoms with E-state index in [2.05, 4.69) is 15.5 Å². The number of nitrogens with zero attached hydrogens (tertiary/aromatic N) is 1. The number of aromatic nitrogens is 2. The van der Waals surface area contributed by atoms with Gasteiger partial charge in [-0.2, -0.15) is 5.10 Å². The fraction of sp³-hybridized carbons (Fsp3) is 0.385. The molecule has 1 aliphatic carbocycles. The Kier molecular flexibility index (Phi) is 2.91. The third kappa shape index (κ3) is 2.06. The standard InChI is InChI=1S/C13H15N3OS/c1-8-6-12(16-15-8)14-13(17)10-7-18-11-5-3-2-4-9(10)11/h6-7H,2-5H2,1H3,(H2,14,15,16,17). The van der Waals surface area contributed by atoms with Gasteiger partial charge in [0.05, 0.1) is 5.56 Å². The van der Waals surface area contributed by atoms with E-state index < -0.39 is 0 Å². The molecular weight excluding hydrogens is 246 g/mol. The Balaban J connectivity index is 1.82. The molecule has 18 heavy (non-hydrogen) atoms. The molecule has 5 heteroatoms. The predicted molar refractivity (Wildman–Crippen MR) is 72.2 cm³/mol. The number of carbonyl (C=O) groups excluding carboxylic acids is 1. The van der Waals surface area contributed by atoms with Gasteiger partial charge in [0.1, 0.15) is 0 Å². The second-order valence-corrected chi connectivity index (χ2v) is 5.61. The molecular formula is C13H15N3OS. The molecule has 2 aromatic rings. The average molecular weight is 261 g/mol. The third-order valence-corrected chi connectivity index (χ3v) is 4.34. The summed E-state index contributed by atoms with van der Waals surface area (Å²) in [5, 5.41) is 11.7. The van der Waals surface area contributed by atoms with E-state index in [0.29, 0.717) is 5.82 Å². The van der Waals surface area contributed by atoms with Crippen molar-refractivity contribution in [1.29, 1.82) is 0 Å². The topological polar surface area (TPSA) is 57.8 Å². The maximum atomic E-state index is 12.2. The second-order valence-electron chi connectivity index (χ2n) is 4.65. The summed E-state index contributed by atoms with van der Waals surface area (Å²) in [6.07, 6.45) is 4.58. The van der Waals surface area contributed by atoms with E-state index in [1.807, 2.05) is 18.4 Å². The molecule has 0 fully saturated rings. The first kappa shape index (κ1) is 11.5. The van der Waals surface area contributed by atoms with Crippen molar-refractivity contribution >= 4 is 23.1 Å². The molecule has 0 atom stereocenters. The van der Waals surface area contributed by atoms with Gasteiger partial charge in [0, 0.05) is 22.0 Å². The first-order valence-electron chi connectivity index (χ1n) is 6.16. The monoisotopic (exact) mass is 261 g/mol. The van der Waals surface area contributed by atoms with Crippen LogP contribution in [0.2, 0.25) is 0 Å². The highest BCUT2D eigenvalue weighted by atomic mass is 32.1. The lowest BCUT2D eigenvalue weighted by Gasteiger charge is -2.12.